The molecule has 2 aromatic carbocycles. The number of carbonyl (C=O) groups is 1. The molecule has 0 saturated carbocycles. The van der Waals surface area contributed by atoms with Crippen molar-refractivity contribution in [3.8, 4) is 5.75 Å². The number of hydrogen-bond donors (Lipinski definition) is 0. The van der Waals surface area contributed by atoms with Gasteiger partial charge in [-0.1, -0.05) is 61.9 Å². The molecule has 0 amide bonds. The Hall–Kier alpha value is -2.29. The SMILES string of the molecule is CCCCc1ccccc1OC(=O)OCCCCCc1ccccc1. The zero-order chi connectivity index (χ0) is 17.7. The van der Waals surface area contributed by atoms with Gasteiger partial charge in [-0.15, -0.1) is 0 Å². The van der Waals surface area contributed by atoms with E-state index in [-0.39, 0.29) is 0 Å². The summed E-state index contributed by atoms with van der Waals surface area (Å²) in [5.74, 6) is 0.616. The van der Waals surface area contributed by atoms with Crippen molar-refractivity contribution in [3.05, 3.63) is 65.7 Å². The van der Waals surface area contributed by atoms with Crippen molar-refractivity contribution >= 4 is 6.16 Å². The molecule has 0 aliphatic heterocycles. The first-order valence-electron chi connectivity index (χ1n) is 9.26. The zero-order valence-corrected chi connectivity index (χ0v) is 15.1. The van der Waals surface area contributed by atoms with E-state index >= 15 is 0 Å². The van der Waals surface area contributed by atoms with Crippen molar-refractivity contribution in [1.29, 1.82) is 0 Å². The molecule has 3 nitrogen and oxygen atoms in total. The van der Waals surface area contributed by atoms with Gasteiger partial charge in [0.2, 0.25) is 0 Å². The lowest BCUT2D eigenvalue weighted by molar-refractivity contribution is 0.0970. The Balaban J connectivity index is 1.62. The second-order valence-electron chi connectivity index (χ2n) is 6.21. The highest BCUT2D eigenvalue weighted by atomic mass is 16.7. The van der Waals surface area contributed by atoms with Gasteiger partial charge in [-0.05, 0) is 55.7 Å². The monoisotopic (exact) mass is 340 g/mol. The Morgan fingerprint density at radius 2 is 1.60 bits per heavy atom. The lowest BCUT2D eigenvalue weighted by atomic mass is 10.1. The standard InChI is InChI=1S/C22H28O3/c1-2-3-15-20-16-9-10-17-21(20)25-22(23)24-18-11-5-8-14-19-12-6-4-7-13-19/h4,6-7,9-10,12-13,16-17H,2-3,5,8,11,14-15,18H2,1H3. The van der Waals surface area contributed by atoms with Crippen LogP contribution in [-0.2, 0) is 17.6 Å². The average Bonchev–Trinajstić information content (AvgIpc) is 2.64. The lowest BCUT2D eigenvalue weighted by Gasteiger charge is -2.10. The fourth-order valence-corrected chi connectivity index (χ4v) is 2.70. The number of hydrogen-bond acceptors (Lipinski definition) is 3. The highest BCUT2D eigenvalue weighted by molar-refractivity contribution is 5.64. The third kappa shape index (κ3) is 7.42. The number of unbranched alkanes of at least 4 members (excludes halogenated alkanes) is 3. The summed E-state index contributed by atoms with van der Waals surface area (Å²) < 4.78 is 10.6. The molecular weight excluding hydrogens is 312 g/mol. The highest BCUT2D eigenvalue weighted by Gasteiger charge is 2.09. The summed E-state index contributed by atoms with van der Waals surface area (Å²) in [6, 6.07) is 18.1. The van der Waals surface area contributed by atoms with Gasteiger partial charge in [0, 0.05) is 0 Å². The van der Waals surface area contributed by atoms with Crippen molar-refractivity contribution in [2.75, 3.05) is 6.61 Å². The number of para-hydroxylation sites is 1. The van der Waals surface area contributed by atoms with Gasteiger partial charge in [-0.25, -0.2) is 4.79 Å². The molecule has 0 atom stereocenters. The minimum absolute atomic E-state index is 0.407. The van der Waals surface area contributed by atoms with Crippen LogP contribution in [0.5, 0.6) is 5.75 Å². The van der Waals surface area contributed by atoms with E-state index in [0.717, 1.165) is 50.5 Å². The van der Waals surface area contributed by atoms with Crippen molar-refractivity contribution < 1.29 is 14.3 Å². The predicted octanol–water partition coefficient (Wildman–Crippen LogP) is 5.96. The van der Waals surface area contributed by atoms with E-state index in [9.17, 15) is 4.79 Å². The third-order valence-corrected chi connectivity index (χ3v) is 4.14. The molecule has 2 aromatic rings. The van der Waals surface area contributed by atoms with Crippen LogP contribution in [0.15, 0.2) is 54.6 Å². The fourth-order valence-electron chi connectivity index (χ4n) is 2.70. The van der Waals surface area contributed by atoms with Gasteiger partial charge in [0.15, 0.2) is 0 Å². The second-order valence-corrected chi connectivity index (χ2v) is 6.21. The van der Waals surface area contributed by atoms with Gasteiger partial charge in [-0.2, -0.15) is 0 Å². The van der Waals surface area contributed by atoms with E-state index in [1.807, 2.05) is 30.3 Å². The smallest absolute Gasteiger partial charge is 0.434 e. The highest BCUT2D eigenvalue weighted by Crippen LogP contribution is 2.20. The van der Waals surface area contributed by atoms with E-state index < -0.39 is 6.16 Å². The number of rotatable bonds is 10. The van der Waals surface area contributed by atoms with Crippen molar-refractivity contribution in [2.24, 2.45) is 0 Å². The first-order chi connectivity index (χ1) is 12.3. The van der Waals surface area contributed by atoms with Gasteiger partial charge < -0.3 is 9.47 Å². The summed E-state index contributed by atoms with van der Waals surface area (Å²) in [5, 5.41) is 0. The maximum absolute atomic E-state index is 11.8. The summed E-state index contributed by atoms with van der Waals surface area (Å²) in [6.07, 6.45) is 6.57. The molecule has 134 valence electrons. The lowest BCUT2D eigenvalue weighted by Crippen LogP contribution is -2.12. The molecule has 0 heterocycles. The van der Waals surface area contributed by atoms with E-state index in [1.54, 1.807) is 0 Å². The van der Waals surface area contributed by atoms with Crippen LogP contribution in [0.3, 0.4) is 0 Å². The first kappa shape index (κ1) is 19.0. The molecule has 0 bridgehead atoms. The van der Waals surface area contributed by atoms with Crippen LogP contribution in [0.1, 0.15) is 50.2 Å². The van der Waals surface area contributed by atoms with Crippen LogP contribution in [-0.4, -0.2) is 12.8 Å². The van der Waals surface area contributed by atoms with Crippen molar-refractivity contribution in [3.63, 3.8) is 0 Å². The fraction of sp³-hybridized carbons (Fsp3) is 0.409. The Kier molecular flexibility index (Phi) is 8.60. The molecule has 0 unspecified atom stereocenters. The summed E-state index contributed by atoms with van der Waals surface area (Å²) in [6.45, 7) is 2.56. The van der Waals surface area contributed by atoms with Crippen molar-refractivity contribution in [2.45, 2.75) is 51.9 Å². The molecule has 0 saturated heterocycles. The van der Waals surface area contributed by atoms with Crippen LogP contribution >= 0.6 is 0 Å². The molecule has 0 radical (unpaired) electrons. The summed E-state index contributed by atoms with van der Waals surface area (Å²) in [4.78, 5) is 11.8. The Morgan fingerprint density at radius 3 is 2.40 bits per heavy atom. The predicted molar refractivity (Wildman–Crippen MR) is 101 cm³/mol. The molecule has 0 fully saturated rings. The zero-order valence-electron chi connectivity index (χ0n) is 15.1. The van der Waals surface area contributed by atoms with Gasteiger partial charge in [0.25, 0.3) is 0 Å². The molecule has 25 heavy (non-hydrogen) atoms. The topological polar surface area (TPSA) is 35.5 Å². The summed E-state index contributed by atoms with van der Waals surface area (Å²) in [5.41, 5.74) is 2.41. The largest absolute Gasteiger partial charge is 0.513 e. The van der Waals surface area contributed by atoms with E-state index in [4.69, 9.17) is 9.47 Å². The van der Waals surface area contributed by atoms with Crippen LogP contribution in [0.25, 0.3) is 0 Å². The van der Waals surface area contributed by atoms with Crippen LogP contribution < -0.4 is 4.74 Å². The molecule has 3 heteroatoms. The molecule has 2 rings (SSSR count). The third-order valence-electron chi connectivity index (χ3n) is 4.14. The first-order valence-corrected chi connectivity index (χ1v) is 9.26. The van der Waals surface area contributed by atoms with E-state index in [0.29, 0.717) is 12.4 Å². The number of aryl methyl sites for hydroxylation is 2. The molecule has 0 spiro atoms. The average molecular weight is 340 g/mol. The van der Waals surface area contributed by atoms with Gasteiger partial charge in [-0.3, -0.25) is 0 Å². The maximum Gasteiger partial charge on any atom is 0.513 e. The van der Waals surface area contributed by atoms with Crippen molar-refractivity contribution in [1.82, 2.24) is 0 Å². The summed E-state index contributed by atoms with van der Waals surface area (Å²) in [7, 11) is 0. The van der Waals surface area contributed by atoms with E-state index in [1.165, 1.54) is 5.56 Å². The molecule has 0 aliphatic rings. The molecule has 0 aromatic heterocycles. The van der Waals surface area contributed by atoms with Crippen LogP contribution in [0.2, 0.25) is 0 Å². The maximum atomic E-state index is 11.8. The second kappa shape index (κ2) is 11.3. The quantitative estimate of drug-likeness (QED) is 0.304. The summed E-state index contributed by atoms with van der Waals surface area (Å²) >= 11 is 0. The Labute approximate surface area is 151 Å². The van der Waals surface area contributed by atoms with Crippen LogP contribution in [0.4, 0.5) is 4.79 Å². The molecular formula is C22H28O3. The molecule has 0 N–H and O–H groups in total. The minimum Gasteiger partial charge on any atom is -0.434 e. The number of benzene rings is 2. The normalized spacial score (nSPS) is 10.4. The Morgan fingerprint density at radius 1 is 0.840 bits per heavy atom. The number of carbonyl (C=O) groups excluding carboxylic acids is 1. The van der Waals surface area contributed by atoms with Gasteiger partial charge in [0.05, 0.1) is 6.61 Å². The molecule has 0 aliphatic carbocycles. The van der Waals surface area contributed by atoms with Crippen LogP contribution in [0, 0.1) is 0 Å². The number of ether oxygens (including phenoxy) is 2. The van der Waals surface area contributed by atoms with Gasteiger partial charge >= 0.3 is 6.16 Å². The minimum atomic E-state index is -0.605. The van der Waals surface area contributed by atoms with E-state index in [2.05, 4.69) is 31.2 Å². The van der Waals surface area contributed by atoms with Gasteiger partial charge in [0.1, 0.15) is 5.75 Å². The Bertz CT molecular complexity index is 622.